The van der Waals surface area contributed by atoms with Crippen LogP contribution in [0.5, 0.6) is 11.5 Å². The van der Waals surface area contributed by atoms with Crippen LogP contribution < -0.4 is 20.1 Å². The molecule has 0 atom stereocenters. The van der Waals surface area contributed by atoms with Gasteiger partial charge in [0.25, 0.3) is 11.8 Å². The topological polar surface area (TPSA) is 103 Å². The number of carbonyl (C=O) groups excluding carboxylic acids is 3. The normalized spacial score (nSPS) is 10.4. The molecule has 1 heterocycles. The first-order valence-corrected chi connectivity index (χ1v) is 11.1. The van der Waals surface area contributed by atoms with E-state index in [0.717, 1.165) is 11.3 Å². The minimum absolute atomic E-state index is 0.00328. The molecule has 0 spiro atoms. The van der Waals surface area contributed by atoms with E-state index in [1.807, 2.05) is 0 Å². The van der Waals surface area contributed by atoms with Gasteiger partial charge in [0.1, 0.15) is 22.3 Å². The van der Waals surface area contributed by atoms with Crippen molar-refractivity contribution < 1.29 is 33.0 Å². The highest BCUT2D eigenvalue weighted by molar-refractivity contribution is 7.19. The van der Waals surface area contributed by atoms with Crippen LogP contribution in [0.1, 0.15) is 32.5 Å². The van der Waals surface area contributed by atoms with E-state index < -0.39 is 23.6 Å². The van der Waals surface area contributed by atoms with Crippen molar-refractivity contribution in [3.63, 3.8) is 0 Å². The second-order valence-electron chi connectivity index (χ2n) is 6.93. The Morgan fingerprint density at radius 2 is 1.68 bits per heavy atom. The van der Waals surface area contributed by atoms with Gasteiger partial charge in [-0.15, -0.1) is 11.3 Å². The number of para-hydroxylation sites is 1. The second-order valence-corrected chi connectivity index (χ2v) is 7.95. The van der Waals surface area contributed by atoms with Crippen molar-refractivity contribution in [3.05, 3.63) is 70.4 Å². The molecule has 0 bridgehead atoms. The number of thiophene rings is 1. The fraction of sp³-hybridized carbons (Fsp3) is 0.208. The molecule has 8 nitrogen and oxygen atoms in total. The summed E-state index contributed by atoms with van der Waals surface area (Å²) in [4.78, 5) is 38.0. The highest BCUT2D eigenvalue weighted by atomic mass is 32.1. The van der Waals surface area contributed by atoms with Gasteiger partial charge < -0.3 is 24.8 Å². The maximum absolute atomic E-state index is 14.0. The quantitative estimate of drug-likeness (QED) is 0.427. The minimum Gasteiger partial charge on any atom is -0.497 e. The van der Waals surface area contributed by atoms with Gasteiger partial charge in [-0.2, -0.15) is 0 Å². The monoisotopic (exact) mass is 486 g/mol. The summed E-state index contributed by atoms with van der Waals surface area (Å²) in [6.45, 7) is 2.98. The number of halogens is 1. The highest BCUT2D eigenvalue weighted by Gasteiger charge is 2.27. The Morgan fingerprint density at radius 1 is 1.00 bits per heavy atom. The molecule has 0 saturated heterocycles. The molecule has 2 aromatic carbocycles. The number of amides is 2. The lowest BCUT2D eigenvalue weighted by atomic mass is 10.1. The van der Waals surface area contributed by atoms with Crippen molar-refractivity contribution in [1.29, 1.82) is 0 Å². The number of nitrogens with one attached hydrogen (secondary N) is 2. The highest BCUT2D eigenvalue weighted by Crippen LogP contribution is 2.34. The molecule has 178 valence electrons. The average Bonchev–Trinajstić information content (AvgIpc) is 3.15. The molecule has 34 heavy (non-hydrogen) atoms. The lowest BCUT2D eigenvalue weighted by Gasteiger charge is -2.09. The number of hydrogen-bond acceptors (Lipinski definition) is 7. The summed E-state index contributed by atoms with van der Waals surface area (Å²) in [5.41, 5.74) is 0.364. The molecule has 0 aliphatic carbocycles. The van der Waals surface area contributed by atoms with Crippen molar-refractivity contribution >= 4 is 39.8 Å². The average molecular weight is 487 g/mol. The van der Waals surface area contributed by atoms with E-state index in [0.29, 0.717) is 17.1 Å². The number of ether oxygens (including phenoxy) is 3. The van der Waals surface area contributed by atoms with Gasteiger partial charge in [-0.05, 0) is 55.8 Å². The molecule has 0 fully saturated rings. The molecule has 10 heteroatoms. The van der Waals surface area contributed by atoms with Crippen LogP contribution in [-0.2, 0) is 9.53 Å². The predicted molar refractivity (Wildman–Crippen MR) is 126 cm³/mol. The number of benzene rings is 2. The number of methoxy groups -OCH3 is 1. The summed E-state index contributed by atoms with van der Waals surface area (Å²) in [6.07, 6.45) is 0. The number of hydrogen-bond donors (Lipinski definition) is 2. The van der Waals surface area contributed by atoms with Gasteiger partial charge in [0.15, 0.2) is 6.61 Å². The van der Waals surface area contributed by atoms with E-state index in [1.165, 1.54) is 18.2 Å². The van der Waals surface area contributed by atoms with Crippen LogP contribution in [-0.4, -0.2) is 38.1 Å². The Bertz CT molecular complexity index is 1190. The summed E-state index contributed by atoms with van der Waals surface area (Å²) >= 11 is 0.889. The molecule has 0 aliphatic heterocycles. The van der Waals surface area contributed by atoms with Crippen LogP contribution >= 0.6 is 11.3 Å². The molecule has 2 N–H and O–H groups in total. The zero-order valence-corrected chi connectivity index (χ0v) is 19.6. The van der Waals surface area contributed by atoms with Crippen LogP contribution in [0.15, 0.2) is 48.5 Å². The number of anilines is 2. The fourth-order valence-corrected chi connectivity index (χ4v) is 4.10. The molecule has 0 unspecified atom stereocenters. The Labute approximate surface area is 199 Å². The van der Waals surface area contributed by atoms with Crippen molar-refractivity contribution in [3.8, 4) is 11.5 Å². The molecular weight excluding hydrogens is 463 g/mol. The van der Waals surface area contributed by atoms with E-state index in [4.69, 9.17) is 14.2 Å². The smallest absolute Gasteiger partial charge is 0.341 e. The van der Waals surface area contributed by atoms with Gasteiger partial charge in [-0.1, -0.05) is 12.1 Å². The molecule has 3 aromatic rings. The maximum Gasteiger partial charge on any atom is 0.341 e. The Kier molecular flexibility index (Phi) is 8.20. The van der Waals surface area contributed by atoms with E-state index in [1.54, 1.807) is 51.3 Å². The van der Waals surface area contributed by atoms with Crippen LogP contribution in [0.3, 0.4) is 0 Å². The zero-order chi connectivity index (χ0) is 24.7. The lowest BCUT2D eigenvalue weighted by molar-refractivity contribution is -0.118. The van der Waals surface area contributed by atoms with Gasteiger partial charge in [0.05, 0.1) is 29.8 Å². The minimum atomic E-state index is -0.687. The third-order valence-electron chi connectivity index (χ3n) is 4.64. The first-order valence-electron chi connectivity index (χ1n) is 10.3. The summed E-state index contributed by atoms with van der Waals surface area (Å²) in [5, 5.41) is 5.23. The summed E-state index contributed by atoms with van der Waals surface area (Å²) in [6, 6.07) is 12.4. The summed E-state index contributed by atoms with van der Waals surface area (Å²) in [7, 11) is 1.54. The Hall–Kier alpha value is -3.92. The first-order chi connectivity index (χ1) is 16.3. The predicted octanol–water partition coefficient (Wildman–Crippen LogP) is 4.65. The van der Waals surface area contributed by atoms with E-state index in [-0.39, 0.29) is 34.3 Å². The number of rotatable bonds is 9. The first kappa shape index (κ1) is 24.7. The Morgan fingerprint density at radius 3 is 2.32 bits per heavy atom. The molecule has 0 radical (unpaired) electrons. The van der Waals surface area contributed by atoms with Gasteiger partial charge in [-0.3, -0.25) is 9.59 Å². The summed E-state index contributed by atoms with van der Waals surface area (Å²) in [5.74, 6) is -1.34. The van der Waals surface area contributed by atoms with Gasteiger partial charge in [0, 0.05) is 0 Å². The van der Waals surface area contributed by atoms with Gasteiger partial charge in [-0.25, -0.2) is 9.18 Å². The van der Waals surface area contributed by atoms with Crippen LogP contribution in [0.25, 0.3) is 0 Å². The third kappa shape index (κ3) is 5.90. The molecule has 3 rings (SSSR count). The standard InChI is InChI=1S/C24H23FN2O6S/c1-4-32-24(30)20-14(2)21(22(29)26-18-8-6-5-7-17(18)25)34-23(20)27-19(28)13-33-16-11-9-15(31-3)10-12-16/h5-12H,4,13H2,1-3H3,(H,26,29)(H,27,28). The maximum atomic E-state index is 14.0. The SMILES string of the molecule is CCOC(=O)c1c(NC(=O)COc2ccc(OC)cc2)sc(C(=O)Nc2ccccc2F)c1C. The van der Waals surface area contributed by atoms with Crippen molar-refractivity contribution in [2.75, 3.05) is 31.0 Å². The fourth-order valence-electron chi connectivity index (χ4n) is 2.99. The van der Waals surface area contributed by atoms with Crippen LogP contribution in [0.4, 0.5) is 15.1 Å². The second kappa shape index (κ2) is 11.3. The van der Waals surface area contributed by atoms with Crippen molar-refractivity contribution in [2.45, 2.75) is 13.8 Å². The third-order valence-corrected chi connectivity index (χ3v) is 5.84. The van der Waals surface area contributed by atoms with Crippen LogP contribution in [0, 0.1) is 12.7 Å². The molecule has 2 amide bonds. The largest absolute Gasteiger partial charge is 0.497 e. The molecule has 0 saturated carbocycles. The van der Waals surface area contributed by atoms with E-state index in [2.05, 4.69) is 10.6 Å². The molecule has 0 aliphatic rings. The van der Waals surface area contributed by atoms with Crippen molar-refractivity contribution in [1.82, 2.24) is 0 Å². The number of esters is 1. The zero-order valence-electron chi connectivity index (χ0n) is 18.8. The molecular formula is C24H23FN2O6S. The Balaban J connectivity index is 1.79. The molecule has 1 aromatic heterocycles. The van der Waals surface area contributed by atoms with E-state index in [9.17, 15) is 18.8 Å². The van der Waals surface area contributed by atoms with Crippen molar-refractivity contribution in [2.24, 2.45) is 0 Å². The summed E-state index contributed by atoms with van der Waals surface area (Å²) < 4.78 is 29.6. The lowest BCUT2D eigenvalue weighted by Crippen LogP contribution is -2.21. The van der Waals surface area contributed by atoms with Crippen LogP contribution in [0.2, 0.25) is 0 Å². The van der Waals surface area contributed by atoms with Gasteiger partial charge >= 0.3 is 5.97 Å². The van der Waals surface area contributed by atoms with E-state index >= 15 is 0 Å². The van der Waals surface area contributed by atoms with Gasteiger partial charge in [0.2, 0.25) is 0 Å². The number of carbonyl (C=O) groups is 3.